The maximum absolute atomic E-state index is 12.5. The number of methoxy groups -OCH3 is 3. The predicted octanol–water partition coefficient (Wildman–Crippen LogP) is 3.64. The molecule has 1 aliphatic rings. The Morgan fingerprint density at radius 3 is 2.42 bits per heavy atom. The van der Waals surface area contributed by atoms with Crippen molar-refractivity contribution in [3.63, 3.8) is 0 Å². The van der Waals surface area contributed by atoms with Gasteiger partial charge in [-0.1, -0.05) is 11.6 Å². The van der Waals surface area contributed by atoms with Gasteiger partial charge >= 0.3 is 0 Å². The largest absolute Gasteiger partial charge is 0.501 e. The highest BCUT2D eigenvalue weighted by molar-refractivity contribution is 6.06. The topological polar surface area (TPSA) is 54.0 Å². The zero-order valence-electron chi connectivity index (χ0n) is 14.8. The molecule has 0 amide bonds. The van der Waals surface area contributed by atoms with Gasteiger partial charge in [0.05, 0.1) is 34.2 Å². The molecule has 0 aromatic heterocycles. The number of carbonyl (C=O) groups is 1. The Labute approximate surface area is 142 Å². The maximum Gasteiger partial charge on any atom is 0.203 e. The highest BCUT2D eigenvalue weighted by Gasteiger charge is 2.31. The van der Waals surface area contributed by atoms with E-state index < -0.39 is 0 Å². The maximum atomic E-state index is 12.5. The van der Waals surface area contributed by atoms with Crippen LogP contribution in [0.2, 0.25) is 0 Å². The summed E-state index contributed by atoms with van der Waals surface area (Å²) in [4.78, 5) is 12.5. The third-order valence-corrected chi connectivity index (χ3v) is 4.05. The van der Waals surface area contributed by atoms with E-state index in [1.165, 1.54) is 0 Å². The number of hydrogen-bond acceptors (Lipinski definition) is 5. The van der Waals surface area contributed by atoms with E-state index in [9.17, 15) is 4.79 Å². The first kappa shape index (κ1) is 17.9. The summed E-state index contributed by atoms with van der Waals surface area (Å²) in [6, 6.07) is 3.74. The summed E-state index contributed by atoms with van der Waals surface area (Å²) in [6.07, 6.45) is 3.94. The fourth-order valence-corrected chi connectivity index (χ4v) is 2.96. The molecular formula is C19H24O5. The second-order valence-electron chi connectivity index (χ2n) is 5.56. The molecule has 0 fully saturated rings. The lowest BCUT2D eigenvalue weighted by atomic mass is 9.79. The molecule has 1 unspecified atom stereocenters. The van der Waals surface area contributed by atoms with Gasteiger partial charge in [0.1, 0.15) is 0 Å². The third kappa shape index (κ3) is 3.40. The Hall–Kier alpha value is -2.43. The van der Waals surface area contributed by atoms with Crippen molar-refractivity contribution >= 4 is 5.78 Å². The van der Waals surface area contributed by atoms with Crippen LogP contribution >= 0.6 is 0 Å². The number of carbonyl (C=O) groups excluding carboxylic acids is 1. The van der Waals surface area contributed by atoms with Crippen molar-refractivity contribution < 1.29 is 23.7 Å². The first-order valence-corrected chi connectivity index (χ1v) is 7.89. The Bertz CT molecular complexity index is 673. The Balaban J connectivity index is 2.59. The van der Waals surface area contributed by atoms with Crippen LogP contribution in [-0.4, -0.2) is 33.7 Å². The SMILES string of the molecule is CCO/C=C1\C(=O)C=C(C)CC1c1ccc(OC)c(OC)c1OC. The molecule has 1 aromatic carbocycles. The average molecular weight is 332 g/mol. The van der Waals surface area contributed by atoms with Gasteiger partial charge in [0.25, 0.3) is 0 Å². The number of ketones is 1. The molecule has 0 radical (unpaired) electrons. The Morgan fingerprint density at radius 1 is 1.12 bits per heavy atom. The van der Waals surface area contributed by atoms with Crippen LogP contribution in [0.1, 0.15) is 31.7 Å². The average Bonchev–Trinajstić information content (AvgIpc) is 2.58. The fourth-order valence-electron chi connectivity index (χ4n) is 2.96. The molecule has 0 heterocycles. The molecule has 0 bridgehead atoms. The first-order valence-electron chi connectivity index (χ1n) is 7.89. The molecule has 5 nitrogen and oxygen atoms in total. The minimum atomic E-state index is -0.149. The smallest absolute Gasteiger partial charge is 0.203 e. The first-order chi connectivity index (χ1) is 11.6. The number of ether oxygens (including phenoxy) is 4. The second kappa shape index (κ2) is 7.90. The summed E-state index contributed by atoms with van der Waals surface area (Å²) in [5.74, 6) is 1.50. The molecular weight excluding hydrogens is 308 g/mol. The molecule has 1 aromatic rings. The lowest BCUT2D eigenvalue weighted by molar-refractivity contribution is -0.112. The molecule has 1 aliphatic carbocycles. The monoisotopic (exact) mass is 332 g/mol. The van der Waals surface area contributed by atoms with Crippen molar-refractivity contribution in [1.82, 2.24) is 0 Å². The van der Waals surface area contributed by atoms with Crippen LogP contribution in [0.5, 0.6) is 17.2 Å². The number of hydrogen-bond donors (Lipinski definition) is 0. The zero-order chi connectivity index (χ0) is 17.7. The van der Waals surface area contributed by atoms with E-state index in [-0.39, 0.29) is 11.7 Å². The quantitative estimate of drug-likeness (QED) is 0.588. The highest BCUT2D eigenvalue weighted by Crippen LogP contribution is 2.47. The summed E-state index contributed by atoms with van der Waals surface area (Å²) in [5.41, 5.74) is 2.52. The van der Waals surface area contributed by atoms with Crippen molar-refractivity contribution in [3.8, 4) is 17.2 Å². The summed E-state index contributed by atoms with van der Waals surface area (Å²) < 4.78 is 21.8. The van der Waals surface area contributed by atoms with Gasteiger partial charge in [0.2, 0.25) is 5.75 Å². The minimum Gasteiger partial charge on any atom is -0.501 e. The standard InChI is InChI=1S/C19H24O5/c1-6-24-11-15-14(9-12(2)10-16(15)20)13-7-8-17(21-3)19(23-5)18(13)22-4/h7-8,10-11,14H,6,9H2,1-5H3/b15-11-. The molecule has 0 aliphatic heterocycles. The summed E-state index contributed by atoms with van der Waals surface area (Å²) >= 11 is 0. The van der Waals surface area contributed by atoms with E-state index in [2.05, 4.69) is 0 Å². The van der Waals surface area contributed by atoms with Gasteiger partial charge in [-0.15, -0.1) is 0 Å². The molecule has 24 heavy (non-hydrogen) atoms. The summed E-state index contributed by atoms with van der Waals surface area (Å²) in [6.45, 7) is 4.35. The molecule has 2 rings (SSSR count). The van der Waals surface area contributed by atoms with E-state index in [0.717, 1.165) is 17.6 Å². The molecule has 1 atom stereocenters. The lowest BCUT2D eigenvalue weighted by Gasteiger charge is -2.26. The second-order valence-corrected chi connectivity index (χ2v) is 5.56. The molecule has 130 valence electrons. The summed E-state index contributed by atoms with van der Waals surface area (Å²) in [7, 11) is 4.73. The number of benzene rings is 1. The van der Waals surface area contributed by atoms with Crippen LogP contribution in [0.3, 0.4) is 0 Å². The van der Waals surface area contributed by atoms with Crippen molar-refractivity contribution in [2.45, 2.75) is 26.2 Å². The van der Waals surface area contributed by atoms with Crippen molar-refractivity contribution in [2.75, 3.05) is 27.9 Å². The predicted molar refractivity (Wildman–Crippen MR) is 91.9 cm³/mol. The summed E-state index contributed by atoms with van der Waals surface area (Å²) in [5, 5.41) is 0. The van der Waals surface area contributed by atoms with Gasteiger partial charge in [-0.05, 0) is 32.4 Å². The van der Waals surface area contributed by atoms with Gasteiger partial charge < -0.3 is 18.9 Å². The van der Waals surface area contributed by atoms with Gasteiger partial charge in [-0.25, -0.2) is 0 Å². The van der Waals surface area contributed by atoms with Crippen LogP contribution in [-0.2, 0) is 9.53 Å². The molecule has 0 saturated heterocycles. The van der Waals surface area contributed by atoms with Crippen molar-refractivity contribution in [3.05, 3.63) is 41.2 Å². The number of allylic oxidation sites excluding steroid dienone is 3. The Kier molecular flexibility index (Phi) is 5.90. The van der Waals surface area contributed by atoms with Crippen LogP contribution in [0.25, 0.3) is 0 Å². The van der Waals surface area contributed by atoms with Gasteiger partial charge in [-0.2, -0.15) is 0 Å². The van der Waals surface area contributed by atoms with Crippen LogP contribution < -0.4 is 14.2 Å². The van der Waals surface area contributed by atoms with E-state index >= 15 is 0 Å². The number of rotatable bonds is 6. The Morgan fingerprint density at radius 2 is 1.83 bits per heavy atom. The zero-order valence-corrected chi connectivity index (χ0v) is 14.8. The fraction of sp³-hybridized carbons (Fsp3) is 0.421. The van der Waals surface area contributed by atoms with Gasteiger partial charge in [0, 0.05) is 17.1 Å². The highest BCUT2D eigenvalue weighted by atomic mass is 16.5. The third-order valence-electron chi connectivity index (χ3n) is 4.05. The van der Waals surface area contributed by atoms with Gasteiger partial charge in [-0.3, -0.25) is 4.79 Å². The van der Waals surface area contributed by atoms with E-state index in [1.807, 2.05) is 26.0 Å². The van der Waals surface area contributed by atoms with E-state index in [4.69, 9.17) is 18.9 Å². The van der Waals surface area contributed by atoms with Crippen LogP contribution in [0, 0.1) is 0 Å². The van der Waals surface area contributed by atoms with Crippen molar-refractivity contribution in [1.29, 1.82) is 0 Å². The lowest BCUT2D eigenvalue weighted by Crippen LogP contribution is -2.17. The van der Waals surface area contributed by atoms with Crippen molar-refractivity contribution in [2.24, 2.45) is 0 Å². The molecule has 5 heteroatoms. The van der Waals surface area contributed by atoms with E-state index in [0.29, 0.717) is 29.4 Å². The van der Waals surface area contributed by atoms with E-state index in [1.54, 1.807) is 33.7 Å². The molecule has 0 N–H and O–H groups in total. The molecule has 0 saturated carbocycles. The minimum absolute atomic E-state index is 0.0333. The molecule has 0 spiro atoms. The van der Waals surface area contributed by atoms with Crippen LogP contribution in [0.15, 0.2) is 35.6 Å². The van der Waals surface area contributed by atoms with Gasteiger partial charge in [0.15, 0.2) is 17.3 Å². The normalized spacial score (nSPS) is 19.0. The van der Waals surface area contributed by atoms with Crippen LogP contribution in [0.4, 0.5) is 0 Å².